The van der Waals surface area contributed by atoms with Gasteiger partial charge >= 0.3 is 5.97 Å². The number of aromatic carboxylic acids is 1. The first-order chi connectivity index (χ1) is 8.50. The largest absolute Gasteiger partial charge is 0.478 e. The van der Waals surface area contributed by atoms with Gasteiger partial charge in [0.25, 0.3) is 5.56 Å². The van der Waals surface area contributed by atoms with Crippen molar-refractivity contribution in [1.29, 1.82) is 0 Å². The average Bonchev–Trinajstić information content (AvgIpc) is 2.67. The third kappa shape index (κ3) is 2.28. The summed E-state index contributed by atoms with van der Waals surface area (Å²) in [5, 5.41) is 12.9. The molecule has 2 heterocycles. The number of halogens is 1. The molecule has 0 fully saturated rings. The smallest absolute Gasteiger partial charge is 0.339 e. The predicted molar refractivity (Wildman–Crippen MR) is 70.5 cm³/mol. The van der Waals surface area contributed by atoms with Crippen molar-refractivity contribution >= 4 is 28.6 Å². The van der Waals surface area contributed by atoms with Crippen molar-refractivity contribution in [3.63, 3.8) is 0 Å². The highest BCUT2D eigenvalue weighted by molar-refractivity contribution is 14.1. The van der Waals surface area contributed by atoms with Gasteiger partial charge in [-0.05, 0) is 22.6 Å². The maximum Gasteiger partial charge on any atom is 0.339 e. The van der Waals surface area contributed by atoms with Gasteiger partial charge in [0.2, 0.25) is 0 Å². The SMILES string of the molecule is Cn1ncc(C(=O)O)c1Cn1cncc(I)c1=O. The lowest BCUT2D eigenvalue weighted by atomic mass is 10.2. The van der Waals surface area contributed by atoms with Crippen LogP contribution in [0.3, 0.4) is 0 Å². The highest BCUT2D eigenvalue weighted by Crippen LogP contribution is 2.08. The molecule has 94 valence electrons. The zero-order chi connectivity index (χ0) is 13.3. The Kier molecular flexibility index (Phi) is 3.45. The Morgan fingerprint density at radius 3 is 2.89 bits per heavy atom. The number of nitrogens with zero attached hydrogens (tertiary/aromatic N) is 4. The first-order valence-corrected chi connectivity index (χ1v) is 6.02. The number of carbonyl (C=O) groups is 1. The number of carboxylic acid groups (broad SMARTS) is 1. The van der Waals surface area contributed by atoms with E-state index < -0.39 is 5.97 Å². The predicted octanol–water partition coefficient (Wildman–Crippen LogP) is 0.328. The highest BCUT2D eigenvalue weighted by Gasteiger charge is 2.16. The molecule has 0 radical (unpaired) electrons. The summed E-state index contributed by atoms with van der Waals surface area (Å²) in [6.07, 6.45) is 4.11. The molecule has 0 aliphatic heterocycles. The second kappa shape index (κ2) is 4.88. The van der Waals surface area contributed by atoms with Gasteiger partial charge in [0.15, 0.2) is 0 Å². The Morgan fingerprint density at radius 2 is 2.22 bits per heavy atom. The molecule has 0 aliphatic rings. The minimum absolute atomic E-state index is 0.0864. The lowest BCUT2D eigenvalue weighted by molar-refractivity contribution is 0.0695. The maximum atomic E-state index is 11.8. The molecule has 2 aromatic rings. The summed E-state index contributed by atoms with van der Waals surface area (Å²) in [6, 6.07) is 0. The highest BCUT2D eigenvalue weighted by atomic mass is 127. The average molecular weight is 360 g/mol. The van der Waals surface area contributed by atoms with Gasteiger partial charge in [0.05, 0.1) is 28.3 Å². The molecule has 8 heteroatoms. The maximum absolute atomic E-state index is 11.8. The molecule has 0 aromatic carbocycles. The lowest BCUT2D eigenvalue weighted by Gasteiger charge is -2.07. The molecule has 2 rings (SSSR count). The number of aryl methyl sites for hydroxylation is 1. The van der Waals surface area contributed by atoms with E-state index in [1.807, 2.05) is 22.6 Å². The van der Waals surface area contributed by atoms with Crippen LogP contribution in [0.15, 0.2) is 23.5 Å². The summed E-state index contributed by atoms with van der Waals surface area (Å²) in [6.45, 7) is 0.126. The summed E-state index contributed by atoms with van der Waals surface area (Å²) >= 11 is 1.89. The minimum Gasteiger partial charge on any atom is -0.478 e. The van der Waals surface area contributed by atoms with Gasteiger partial charge in [-0.2, -0.15) is 5.10 Å². The Hall–Kier alpha value is -1.71. The molecular weight excluding hydrogens is 351 g/mol. The van der Waals surface area contributed by atoms with Crippen LogP contribution in [0.4, 0.5) is 0 Å². The van der Waals surface area contributed by atoms with Gasteiger partial charge in [-0.25, -0.2) is 9.78 Å². The molecule has 0 saturated heterocycles. The van der Waals surface area contributed by atoms with Gasteiger partial charge in [-0.15, -0.1) is 0 Å². The summed E-state index contributed by atoms with van der Waals surface area (Å²) in [5.41, 5.74) is 0.333. The van der Waals surface area contributed by atoms with Crippen molar-refractivity contribution < 1.29 is 9.90 Å². The fraction of sp³-hybridized carbons (Fsp3) is 0.200. The van der Waals surface area contributed by atoms with E-state index >= 15 is 0 Å². The third-order valence-corrected chi connectivity index (χ3v) is 3.21. The number of hydrogen-bond donors (Lipinski definition) is 1. The molecule has 0 atom stereocenters. The van der Waals surface area contributed by atoms with Crippen molar-refractivity contribution in [2.24, 2.45) is 7.05 Å². The van der Waals surface area contributed by atoms with Gasteiger partial charge in [0, 0.05) is 13.2 Å². The monoisotopic (exact) mass is 360 g/mol. The van der Waals surface area contributed by atoms with E-state index in [1.165, 1.54) is 28.0 Å². The Labute approximate surface area is 115 Å². The number of hydrogen-bond acceptors (Lipinski definition) is 4. The molecule has 0 amide bonds. The molecule has 0 aliphatic carbocycles. The quantitative estimate of drug-likeness (QED) is 0.797. The van der Waals surface area contributed by atoms with E-state index in [2.05, 4.69) is 10.1 Å². The zero-order valence-corrected chi connectivity index (χ0v) is 11.5. The Balaban J connectivity index is 2.46. The zero-order valence-electron chi connectivity index (χ0n) is 9.37. The molecule has 0 spiro atoms. The summed E-state index contributed by atoms with van der Waals surface area (Å²) in [5.74, 6) is -1.07. The van der Waals surface area contributed by atoms with Gasteiger partial charge < -0.3 is 5.11 Å². The van der Waals surface area contributed by atoms with E-state index in [4.69, 9.17) is 5.11 Å². The van der Waals surface area contributed by atoms with Gasteiger partial charge in [0.1, 0.15) is 5.56 Å². The molecule has 0 bridgehead atoms. The second-order valence-electron chi connectivity index (χ2n) is 3.61. The summed E-state index contributed by atoms with van der Waals surface area (Å²) in [4.78, 5) is 26.8. The van der Waals surface area contributed by atoms with Crippen molar-refractivity contribution in [1.82, 2.24) is 19.3 Å². The Bertz CT molecular complexity index is 661. The van der Waals surface area contributed by atoms with E-state index in [-0.39, 0.29) is 17.7 Å². The van der Waals surface area contributed by atoms with Crippen LogP contribution in [0.5, 0.6) is 0 Å². The van der Waals surface area contributed by atoms with E-state index in [1.54, 1.807) is 7.05 Å². The van der Waals surface area contributed by atoms with Crippen molar-refractivity contribution in [3.8, 4) is 0 Å². The van der Waals surface area contributed by atoms with Gasteiger partial charge in [-0.1, -0.05) is 0 Å². The second-order valence-corrected chi connectivity index (χ2v) is 4.77. The Morgan fingerprint density at radius 1 is 1.50 bits per heavy atom. The molecule has 0 saturated carbocycles. The van der Waals surface area contributed by atoms with Crippen LogP contribution < -0.4 is 5.56 Å². The standard InChI is InChI=1S/C10H9IN4O3/c1-14-8(6(2-13-14)10(17)18)4-15-5-12-3-7(11)9(15)16/h2-3,5H,4H2,1H3,(H,17,18). The normalized spacial score (nSPS) is 10.6. The van der Waals surface area contributed by atoms with Crippen molar-refractivity contribution in [2.45, 2.75) is 6.54 Å². The van der Waals surface area contributed by atoms with E-state index in [0.717, 1.165) is 0 Å². The van der Waals surface area contributed by atoms with Crippen LogP contribution in [0.2, 0.25) is 0 Å². The summed E-state index contributed by atoms with van der Waals surface area (Å²) < 4.78 is 3.27. The van der Waals surface area contributed by atoms with Crippen LogP contribution in [-0.4, -0.2) is 30.4 Å². The van der Waals surface area contributed by atoms with Crippen LogP contribution in [0.1, 0.15) is 16.1 Å². The number of rotatable bonds is 3. The number of aromatic nitrogens is 4. The number of carboxylic acids is 1. The minimum atomic E-state index is -1.07. The van der Waals surface area contributed by atoms with Crippen LogP contribution in [0, 0.1) is 3.57 Å². The molecular formula is C10H9IN4O3. The molecule has 1 N–H and O–H groups in total. The fourth-order valence-electron chi connectivity index (χ4n) is 1.53. The van der Waals surface area contributed by atoms with Crippen molar-refractivity contribution in [3.05, 3.63) is 43.9 Å². The first-order valence-electron chi connectivity index (χ1n) is 4.95. The van der Waals surface area contributed by atoms with Crippen LogP contribution >= 0.6 is 22.6 Å². The molecule has 18 heavy (non-hydrogen) atoms. The molecule has 2 aromatic heterocycles. The van der Waals surface area contributed by atoms with Gasteiger partial charge in [-0.3, -0.25) is 14.0 Å². The van der Waals surface area contributed by atoms with Crippen LogP contribution in [0.25, 0.3) is 0 Å². The molecule has 7 nitrogen and oxygen atoms in total. The fourth-order valence-corrected chi connectivity index (χ4v) is 2.00. The first kappa shape index (κ1) is 12.7. The third-order valence-electron chi connectivity index (χ3n) is 2.47. The topological polar surface area (TPSA) is 90.0 Å². The van der Waals surface area contributed by atoms with E-state index in [0.29, 0.717) is 9.26 Å². The summed E-state index contributed by atoms with van der Waals surface area (Å²) in [7, 11) is 1.63. The lowest BCUT2D eigenvalue weighted by Crippen LogP contribution is -2.24. The molecule has 0 unspecified atom stereocenters. The van der Waals surface area contributed by atoms with Crippen molar-refractivity contribution in [2.75, 3.05) is 0 Å². The van der Waals surface area contributed by atoms with Crippen LogP contribution in [-0.2, 0) is 13.6 Å². The van der Waals surface area contributed by atoms with E-state index in [9.17, 15) is 9.59 Å².